The third-order valence-electron chi connectivity index (χ3n) is 4.89. The van der Waals surface area contributed by atoms with Crippen molar-refractivity contribution in [2.45, 2.75) is 25.5 Å². The predicted molar refractivity (Wildman–Crippen MR) is 101 cm³/mol. The molecule has 4 heteroatoms. The smallest absolute Gasteiger partial charge is 0.118 e. The Morgan fingerprint density at radius 2 is 1.64 bits per heavy atom. The van der Waals surface area contributed by atoms with Gasteiger partial charge in [0.15, 0.2) is 0 Å². The second kappa shape index (κ2) is 6.68. The maximum atomic E-state index is 10.6. The molecule has 1 aromatic heterocycles. The second-order valence-corrected chi connectivity index (χ2v) is 6.84. The van der Waals surface area contributed by atoms with Gasteiger partial charge < -0.3 is 14.8 Å². The van der Waals surface area contributed by atoms with Crippen LogP contribution in [0, 0.1) is 0 Å². The van der Waals surface area contributed by atoms with Crippen LogP contribution in [0.3, 0.4) is 0 Å². The summed E-state index contributed by atoms with van der Waals surface area (Å²) in [7, 11) is 0. The first kappa shape index (κ1) is 16.4. The van der Waals surface area contributed by atoms with Crippen molar-refractivity contribution in [1.82, 2.24) is 4.57 Å². The van der Waals surface area contributed by atoms with Crippen LogP contribution in [-0.2, 0) is 13.0 Å². The lowest BCUT2D eigenvalue weighted by atomic mass is 9.92. The topological polar surface area (TPSA) is 45.4 Å². The fraction of sp³-hybridized carbons (Fsp3) is 0.238. The van der Waals surface area contributed by atoms with Crippen molar-refractivity contribution in [1.29, 1.82) is 0 Å². The van der Waals surface area contributed by atoms with Crippen molar-refractivity contribution in [3.8, 4) is 22.3 Å². The highest BCUT2D eigenvalue weighted by Crippen LogP contribution is 2.45. The number of nitrogens with zero attached hydrogens (tertiary/aromatic N) is 1. The number of fused-ring (bicyclic) bond motifs is 1. The monoisotopic (exact) mass is 353 g/mol. The van der Waals surface area contributed by atoms with Gasteiger partial charge in [-0.3, -0.25) is 0 Å². The first-order chi connectivity index (χ1) is 12.2. The van der Waals surface area contributed by atoms with Crippen molar-refractivity contribution in [2.24, 2.45) is 0 Å². The Morgan fingerprint density at radius 1 is 0.960 bits per heavy atom. The molecular formula is C21H20ClNO2. The lowest BCUT2D eigenvalue weighted by Gasteiger charge is -2.15. The molecular weight excluding hydrogens is 334 g/mol. The fourth-order valence-corrected chi connectivity index (χ4v) is 3.99. The third kappa shape index (κ3) is 2.78. The SMILES string of the molecule is OCC(O)c1c(-c2ccc(Cl)cc2)c(-c2ccccc2)c2n1CCC2. The van der Waals surface area contributed by atoms with Crippen LogP contribution in [0.4, 0.5) is 0 Å². The number of hydrogen-bond donors (Lipinski definition) is 2. The fourth-order valence-electron chi connectivity index (χ4n) is 3.87. The van der Waals surface area contributed by atoms with E-state index >= 15 is 0 Å². The number of halogens is 1. The zero-order valence-electron chi connectivity index (χ0n) is 13.8. The molecule has 0 amide bonds. The van der Waals surface area contributed by atoms with Crippen LogP contribution in [-0.4, -0.2) is 21.4 Å². The second-order valence-electron chi connectivity index (χ2n) is 6.41. The highest BCUT2D eigenvalue weighted by Gasteiger charge is 2.30. The van der Waals surface area contributed by atoms with Gasteiger partial charge in [0.05, 0.1) is 12.3 Å². The van der Waals surface area contributed by atoms with Gasteiger partial charge in [-0.25, -0.2) is 0 Å². The van der Waals surface area contributed by atoms with Crippen LogP contribution in [0.2, 0.25) is 5.02 Å². The maximum Gasteiger partial charge on any atom is 0.118 e. The van der Waals surface area contributed by atoms with E-state index in [1.165, 1.54) is 5.69 Å². The molecule has 4 rings (SSSR count). The van der Waals surface area contributed by atoms with Gasteiger partial charge in [-0.2, -0.15) is 0 Å². The van der Waals surface area contributed by atoms with Gasteiger partial charge in [0.1, 0.15) is 6.10 Å². The van der Waals surface area contributed by atoms with Gasteiger partial charge in [0.2, 0.25) is 0 Å². The van der Waals surface area contributed by atoms with Crippen molar-refractivity contribution in [3.63, 3.8) is 0 Å². The minimum Gasteiger partial charge on any atom is -0.393 e. The van der Waals surface area contributed by atoms with Crippen LogP contribution in [0.1, 0.15) is 23.9 Å². The summed E-state index contributed by atoms with van der Waals surface area (Å²) in [6.45, 7) is 0.577. The summed E-state index contributed by atoms with van der Waals surface area (Å²) >= 11 is 6.07. The van der Waals surface area contributed by atoms with Crippen LogP contribution >= 0.6 is 11.6 Å². The predicted octanol–water partition coefficient (Wildman–Crippen LogP) is 4.45. The Morgan fingerprint density at radius 3 is 2.32 bits per heavy atom. The molecule has 128 valence electrons. The molecule has 2 N–H and O–H groups in total. The molecule has 0 aliphatic carbocycles. The minimum atomic E-state index is -0.903. The Bertz CT molecular complexity index is 885. The first-order valence-corrected chi connectivity index (χ1v) is 8.94. The Hall–Kier alpha value is -2.07. The zero-order valence-corrected chi connectivity index (χ0v) is 14.6. The average molecular weight is 354 g/mol. The first-order valence-electron chi connectivity index (χ1n) is 8.56. The van der Waals surface area contributed by atoms with E-state index in [1.807, 2.05) is 42.5 Å². The van der Waals surface area contributed by atoms with Crippen LogP contribution in [0.15, 0.2) is 54.6 Å². The molecule has 3 nitrogen and oxygen atoms in total. The number of aliphatic hydroxyl groups is 2. The molecule has 3 aromatic rings. The summed E-state index contributed by atoms with van der Waals surface area (Å²) < 4.78 is 2.19. The summed E-state index contributed by atoms with van der Waals surface area (Å²) in [5, 5.41) is 20.9. The quantitative estimate of drug-likeness (QED) is 0.728. The Labute approximate surface area is 152 Å². The molecule has 25 heavy (non-hydrogen) atoms. The normalized spacial score (nSPS) is 14.5. The molecule has 2 heterocycles. The van der Waals surface area contributed by atoms with E-state index in [1.54, 1.807) is 0 Å². The summed E-state index contributed by atoms with van der Waals surface area (Å²) in [5.41, 5.74) is 6.33. The van der Waals surface area contributed by atoms with Crippen molar-refractivity contribution < 1.29 is 10.2 Å². The molecule has 0 bridgehead atoms. The van der Waals surface area contributed by atoms with E-state index in [2.05, 4.69) is 16.7 Å². The van der Waals surface area contributed by atoms with E-state index in [0.29, 0.717) is 5.02 Å². The van der Waals surface area contributed by atoms with E-state index < -0.39 is 6.10 Å². The standard InChI is InChI=1S/C21H20ClNO2/c22-16-10-8-15(9-11-16)20-19(14-5-2-1-3-6-14)17-7-4-12-23(17)21(20)18(25)13-24/h1-3,5-6,8-11,18,24-25H,4,7,12-13H2. The number of benzene rings is 2. The average Bonchev–Trinajstić information content (AvgIpc) is 3.22. The van der Waals surface area contributed by atoms with Gasteiger partial charge in [-0.1, -0.05) is 54.1 Å². The van der Waals surface area contributed by atoms with E-state index in [0.717, 1.165) is 47.3 Å². The summed E-state index contributed by atoms with van der Waals surface area (Å²) in [6.07, 6.45) is 1.13. The van der Waals surface area contributed by atoms with Gasteiger partial charge >= 0.3 is 0 Å². The largest absolute Gasteiger partial charge is 0.393 e. The van der Waals surface area contributed by atoms with E-state index in [9.17, 15) is 10.2 Å². The highest BCUT2D eigenvalue weighted by atomic mass is 35.5. The van der Waals surface area contributed by atoms with Crippen LogP contribution in [0.25, 0.3) is 22.3 Å². The molecule has 0 radical (unpaired) electrons. The maximum absolute atomic E-state index is 10.6. The summed E-state index contributed by atoms with van der Waals surface area (Å²) in [5.74, 6) is 0. The molecule has 2 aromatic carbocycles. The minimum absolute atomic E-state index is 0.293. The molecule has 0 saturated carbocycles. The summed E-state index contributed by atoms with van der Waals surface area (Å²) in [4.78, 5) is 0. The molecule has 1 aliphatic rings. The van der Waals surface area contributed by atoms with Crippen LogP contribution < -0.4 is 0 Å². The van der Waals surface area contributed by atoms with Gasteiger partial charge in [-0.15, -0.1) is 0 Å². The number of rotatable bonds is 4. The van der Waals surface area contributed by atoms with Crippen molar-refractivity contribution in [2.75, 3.05) is 6.61 Å². The van der Waals surface area contributed by atoms with Crippen molar-refractivity contribution in [3.05, 3.63) is 71.0 Å². The molecule has 1 atom stereocenters. The lowest BCUT2D eigenvalue weighted by molar-refractivity contribution is 0.0899. The van der Waals surface area contributed by atoms with Gasteiger partial charge in [0.25, 0.3) is 0 Å². The van der Waals surface area contributed by atoms with E-state index in [4.69, 9.17) is 11.6 Å². The highest BCUT2D eigenvalue weighted by molar-refractivity contribution is 6.30. The van der Waals surface area contributed by atoms with Gasteiger partial charge in [-0.05, 0) is 36.1 Å². The third-order valence-corrected chi connectivity index (χ3v) is 5.14. The number of aliphatic hydroxyl groups excluding tert-OH is 2. The Kier molecular flexibility index (Phi) is 4.38. The molecule has 0 fully saturated rings. The zero-order chi connectivity index (χ0) is 17.4. The molecule has 1 aliphatic heterocycles. The van der Waals surface area contributed by atoms with Crippen molar-refractivity contribution >= 4 is 11.6 Å². The van der Waals surface area contributed by atoms with E-state index in [-0.39, 0.29) is 6.61 Å². The Balaban J connectivity index is 2.04. The molecule has 0 saturated heterocycles. The molecule has 0 spiro atoms. The summed E-state index contributed by atoms with van der Waals surface area (Å²) in [6, 6.07) is 18.0. The lowest BCUT2D eigenvalue weighted by Crippen LogP contribution is -2.10. The van der Waals surface area contributed by atoms with Crippen LogP contribution in [0.5, 0.6) is 0 Å². The number of hydrogen-bond acceptors (Lipinski definition) is 2. The number of aromatic nitrogens is 1. The molecule has 1 unspecified atom stereocenters. The van der Waals surface area contributed by atoms with Gasteiger partial charge in [0, 0.05) is 28.4 Å².